The normalized spacial score (nSPS) is 22.0. The van der Waals surface area contributed by atoms with Crippen molar-refractivity contribution in [1.29, 1.82) is 0 Å². The van der Waals surface area contributed by atoms with Gasteiger partial charge in [0.25, 0.3) is 5.91 Å². The van der Waals surface area contributed by atoms with Gasteiger partial charge in [-0.3, -0.25) is 9.69 Å². The van der Waals surface area contributed by atoms with Crippen LogP contribution in [0, 0.1) is 0 Å². The molecule has 0 unspecified atom stereocenters. The zero-order chi connectivity index (χ0) is 26.1. The molecule has 1 aromatic carbocycles. The second-order valence-corrected chi connectivity index (χ2v) is 11.7. The van der Waals surface area contributed by atoms with E-state index in [0.717, 1.165) is 49.2 Å². The van der Waals surface area contributed by atoms with Gasteiger partial charge in [-0.15, -0.1) is 11.3 Å². The van der Waals surface area contributed by atoms with Crippen LogP contribution in [0.15, 0.2) is 29.4 Å². The number of halogens is 3. The lowest BCUT2D eigenvalue weighted by molar-refractivity contribution is -0.137. The molecule has 4 rings (SSSR count). The molecule has 3 heterocycles. The molecule has 10 heteroatoms. The molecule has 0 saturated carbocycles. The summed E-state index contributed by atoms with van der Waals surface area (Å²) in [4.78, 5) is 21.3. The highest BCUT2D eigenvalue weighted by Crippen LogP contribution is 2.32. The van der Waals surface area contributed by atoms with Crippen LogP contribution in [0.1, 0.15) is 72.8 Å². The maximum atomic E-state index is 13.5. The number of thiazole rings is 1. The number of likely N-dealkylation sites (tertiary alicyclic amines) is 1. The number of aliphatic hydroxyl groups is 1. The van der Waals surface area contributed by atoms with Crippen LogP contribution in [0.25, 0.3) is 0 Å². The van der Waals surface area contributed by atoms with E-state index in [2.05, 4.69) is 25.8 Å². The molecule has 0 spiro atoms. The van der Waals surface area contributed by atoms with Gasteiger partial charge in [-0.2, -0.15) is 18.2 Å². The fourth-order valence-corrected chi connectivity index (χ4v) is 5.77. The lowest BCUT2D eigenvalue weighted by Gasteiger charge is -2.24. The van der Waals surface area contributed by atoms with Gasteiger partial charge in [0.15, 0.2) is 4.80 Å². The van der Waals surface area contributed by atoms with Crippen molar-refractivity contribution in [3.63, 3.8) is 0 Å². The predicted molar refractivity (Wildman–Crippen MR) is 132 cm³/mol. The first kappa shape index (κ1) is 27.0. The Morgan fingerprint density at radius 2 is 2.00 bits per heavy atom. The lowest BCUT2D eigenvalue weighted by Crippen LogP contribution is -2.32. The van der Waals surface area contributed by atoms with Crippen LogP contribution in [-0.4, -0.2) is 52.4 Å². The van der Waals surface area contributed by atoms with Crippen molar-refractivity contribution in [3.05, 3.63) is 50.8 Å². The van der Waals surface area contributed by atoms with Crippen molar-refractivity contribution in [2.75, 3.05) is 19.8 Å². The molecular formula is C26H34F3N3O3S. The average molecular weight is 526 g/mol. The quantitative estimate of drug-likeness (QED) is 0.592. The number of hydrogen-bond donors (Lipinski definition) is 1. The van der Waals surface area contributed by atoms with Gasteiger partial charge in [-0.25, -0.2) is 0 Å². The van der Waals surface area contributed by atoms with Crippen LogP contribution in [0.2, 0.25) is 0 Å². The minimum absolute atomic E-state index is 0.0242. The van der Waals surface area contributed by atoms with Gasteiger partial charge in [0, 0.05) is 35.8 Å². The number of nitrogens with zero attached hydrogens (tertiary/aromatic N) is 3. The van der Waals surface area contributed by atoms with Crippen molar-refractivity contribution >= 4 is 17.2 Å². The summed E-state index contributed by atoms with van der Waals surface area (Å²) >= 11 is 1.38. The second kappa shape index (κ2) is 10.8. The summed E-state index contributed by atoms with van der Waals surface area (Å²) in [6.45, 7) is 8.43. The number of aromatic nitrogens is 1. The molecule has 0 radical (unpaired) electrons. The van der Waals surface area contributed by atoms with E-state index >= 15 is 0 Å². The Morgan fingerprint density at radius 1 is 1.22 bits per heavy atom. The van der Waals surface area contributed by atoms with E-state index in [-0.39, 0.29) is 36.3 Å². The third kappa shape index (κ3) is 6.27. The largest absolute Gasteiger partial charge is 0.416 e. The van der Waals surface area contributed by atoms with E-state index in [9.17, 15) is 23.1 Å². The molecular weight excluding hydrogens is 491 g/mol. The number of carbonyl (C=O) groups is 1. The molecule has 1 N–H and O–H groups in total. The number of amides is 1. The zero-order valence-electron chi connectivity index (χ0n) is 21.0. The first-order valence-corrected chi connectivity index (χ1v) is 13.2. The molecule has 2 aromatic rings. The first-order valence-electron chi connectivity index (χ1n) is 12.4. The highest BCUT2D eigenvalue weighted by atomic mass is 32.1. The van der Waals surface area contributed by atoms with Crippen LogP contribution < -0.4 is 4.80 Å². The van der Waals surface area contributed by atoms with Gasteiger partial charge in [0.05, 0.1) is 24.8 Å². The number of hydrogen-bond acceptors (Lipinski definition) is 5. The van der Waals surface area contributed by atoms with E-state index in [1.807, 2.05) is 15.7 Å². The molecule has 0 aliphatic carbocycles. The zero-order valence-corrected chi connectivity index (χ0v) is 21.8. The molecule has 1 aromatic heterocycles. The SMILES string of the molecule is CC(C)(C)c1cn(C[C@H]2CCCO2)c(=NC(=O)c2cc(C(F)(F)F)ccc2CN2CCC[C@H]2CO)s1. The number of alkyl halides is 3. The fraction of sp³-hybridized carbons (Fsp3) is 0.615. The molecule has 1 amide bonds. The minimum Gasteiger partial charge on any atom is -0.395 e. The maximum Gasteiger partial charge on any atom is 0.416 e. The summed E-state index contributed by atoms with van der Waals surface area (Å²) in [7, 11) is 0. The Balaban J connectivity index is 1.74. The third-order valence-corrected chi connectivity index (χ3v) is 8.28. The van der Waals surface area contributed by atoms with E-state index in [0.29, 0.717) is 23.5 Å². The standard InChI is InChI=1S/C26H34F3N3O3S/c1-25(2,3)22-15-32(14-20-7-5-11-35-20)24(36-22)30-23(34)21-12-18(26(27,28)29)9-8-17(21)13-31-10-4-6-19(31)16-33/h8-9,12,15,19-20,33H,4-7,10-11,13-14,16H2,1-3H3/t19-,20+/m0/s1. The Hall–Kier alpha value is -2.01. The summed E-state index contributed by atoms with van der Waals surface area (Å²) in [6.07, 6.45) is 1.04. The van der Waals surface area contributed by atoms with Gasteiger partial charge in [0.1, 0.15) is 0 Å². The Kier molecular flexibility index (Phi) is 8.09. The Morgan fingerprint density at radius 3 is 2.64 bits per heavy atom. The van der Waals surface area contributed by atoms with Gasteiger partial charge in [0.2, 0.25) is 0 Å². The van der Waals surface area contributed by atoms with Gasteiger partial charge in [-0.1, -0.05) is 26.8 Å². The highest BCUT2D eigenvalue weighted by Gasteiger charge is 2.33. The van der Waals surface area contributed by atoms with Crippen molar-refractivity contribution < 1.29 is 27.8 Å². The van der Waals surface area contributed by atoms with Crippen molar-refractivity contribution in [1.82, 2.24) is 9.47 Å². The molecule has 6 nitrogen and oxygen atoms in total. The molecule has 2 fully saturated rings. The van der Waals surface area contributed by atoms with Crippen LogP contribution in [0.3, 0.4) is 0 Å². The number of benzene rings is 1. The molecule has 36 heavy (non-hydrogen) atoms. The molecule has 198 valence electrons. The first-order chi connectivity index (χ1) is 17.0. The lowest BCUT2D eigenvalue weighted by atomic mass is 9.95. The Labute approximate surface area is 213 Å². The van der Waals surface area contributed by atoms with E-state index in [1.54, 1.807) is 0 Å². The minimum atomic E-state index is -4.57. The summed E-state index contributed by atoms with van der Waals surface area (Å²) < 4.78 is 48.3. The smallest absolute Gasteiger partial charge is 0.395 e. The fourth-order valence-electron chi connectivity index (χ4n) is 4.72. The maximum absolute atomic E-state index is 13.5. The molecule has 2 aliphatic heterocycles. The number of ether oxygens (including phenoxy) is 1. The van der Waals surface area contributed by atoms with E-state index in [1.165, 1.54) is 17.4 Å². The van der Waals surface area contributed by atoms with Crippen LogP contribution in [-0.2, 0) is 29.4 Å². The van der Waals surface area contributed by atoms with Gasteiger partial charge in [-0.05, 0) is 55.3 Å². The summed E-state index contributed by atoms with van der Waals surface area (Å²) in [5.74, 6) is -0.695. The molecule has 2 aliphatic rings. The molecule has 2 atom stereocenters. The number of carbonyl (C=O) groups excluding carboxylic acids is 1. The van der Waals surface area contributed by atoms with Crippen LogP contribution in [0.4, 0.5) is 13.2 Å². The summed E-state index contributed by atoms with van der Waals surface area (Å²) in [5, 5.41) is 9.67. The highest BCUT2D eigenvalue weighted by molar-refractivity contribution is 7.09. The molecule has 2 saturated heterocycles. The van der Waals surface area contributed by atoms with Crippen molar-refractivity contribution in [2.45, 2.75) is 83.3 Å². The third-order valence-electron chi connectivity index (χ3n) is 6.83. The average Bonchev–Trinajstić information content (AvgIpc) is 3.55. The number of rotatable bonds is 6. The topological polar surface area (TPSA) is 67.1 Å². The Bertz CT molecular complexity index is 1140. The monoisotopic (exact) mass is 525 g/mol. The summed E-state index contributed by atoms with van der Waals surface area (Å²) in [5.41, 5.74) is -0.618. The van der Waals surface area contributed by atoms with Crippen LogP contribution in [0.5, 0.6) is 0 Å². The summed E-state index contributed by atoms with van der Waals surface area (Å²) in [6, 6.07) is 3.23. The van der Waals surface area contributed by atoms with Crippen molar-refractivity contribution in [3.8, 4) is 0 Å². The van der Waals surface area contributed by atoms with Crippen molar-refractivity contribution in [2.24, 2.45) is 4.99 Å². The second-order valence-electron chi connectivity index (χ2n) is 10.7. The number of aliphatic hydroxyl groups excluding tert-OH is 1. The van der Waals surface area contributed by atoms with Crippen LogP contribution >= 0.6 is 11.3 Å². The van der Waals surface area contributed by atoms with Gasteiger partial charge < -0.3 is 14.4 Å². The predicted octanol–water partition coefficient (Wildman–Crippen LogP) is 4.74. The van der Waals surface area contributed by atoms with E-state index in [4.69, 9.17) is 4.74 Å². The van der Waals surface area contributed by atoms with E-state index < -0.39 is 17.6 Å². The molecule has 0 bridgehead atoms. The van der Waals surface area contributed by atoms with Gasteiger partial charge >= 0.3 is 6.18 Å².